The van der Waals surface area contributed by atoms with E-state index < -0.39 is 0 Å². The molecular weight excluding hydrogens is 246 g/mol. The van der Waals surface area contributed by atoms with Crippen LogP contribution in [0.5, 0.6) is 0 Å². The van der Waals surface area contributed by atoms with Gasteiger partial charge in [0.25, 0.3) is 0 Å². The molecule has 0 rings (SSSR count). The van der Waals surface area contributed by atoms with Crippen LogP contribution in [0.3, 0.4) is 0 Å². The van der Waals surface area contributed by atoms with Gasteiger partial charge in [0, 0.05) is 18.4 Å². The number of hydrogen-bond acceptors (Lipinski definition) is 2. The van der Waals surface area contributed by atoms with E-state index in [2.05, 4.69) is 13.8 Å². The smallest absolute Gasteiger partial charge is 0.140 e. The van der Waals surface area contributed by atoms with Gasteiger partial charge in [-0.1, -0.05) is 78.6 Å². The van der Waals surface area contributed by atoms with Crippen molar-refractivity contribution in [2.45, 2.75) is 97.8 Å². The molecule has 120 valence electrons. The highest BCUT2D eigenvalue weighted by Crippen LogP contribution is 2.23. The van der Waals surface area contributed by atoms with Gasteiger partial charge in [0.05, 0.1) is 0 Å². The van der Waals surface area contributed by atoms with Crippen molar-refractivity contribution in [3.8, 4) is 0 Å². The fourth-order valence-corrected chi connectivity index (χ4v) is 2.53. The summed E-state index contributed by atoms with van der Waals surface area (Å²) in [5.74, 6) is 0.363. The maximum Gasteiger partial charge on any atom is 0.140 e. The lowest BCUT2D eigenvalue weighted by atomic mass is 9.81. The molecule has 0 amide bonds. The average molecular weight is 284 g/mol. The van der Waals surface area contributed by atoms with Crippen molar-refractivity contribution < 1.29 is 4.79 Å². The van der Waals surface area contributed by atoms with Gasteiger partial charge >= 0.3 is 0 Å². The molecule has 20 heavy (non-hydrogen) atoms. The lowest BCUT2D eigenvalue weighted by Gasteiger charge is -2.24. The van der Waals surface area contributed by atoms with Crippen LogP contribution >= 0.6 is 0 Å². The van der Waals surface area contributed by atoms with Crippen molar-refractivity contribution in [3.63, 3.8) is 0 Å². The first-order valence-corrected chi connectivity index (χ1v) is 8.84. The molecule has 0 aliphatic heterocycles. The van der Waals surface area contributed by atoms with Gasteiger partial charge in [-0.25, -0.2) is 0 Å². The van der Waals surface area contributed by atoms with Gasteiger partial charge in [-0.3, -0.25) is 4.79 Å². The molecule has 0 spiro atoms. The molecule has 0 aliphatic carbocycles. The molecule has 0 saturated carbocycles. The Morgan fingerprint density at radius 3 is 1.70 bits per heavy atom. The third-order valence-corrected chi connectivity index (χ3v) is 4.66. The normalized spacial score (nSPS) is 14.2. The Morgan fingerprint density at radius 1 is 0.850 bits per heavy atom. The molecule has 0 radical (unpaired) electrons. The fraction of sp³-hybridized carbons (Fsp3) is 0.944. The predicted molar refractivity (Wildman–Crippen MR) is 88.9 cm³/mol. The number of carbonyl (C=O) groups is 1. The molecule has 2 nitrogen and oxygen atoms in total. The van der Waals surface area contributed by atoms with Crippen LogP contribution in [0.2, 0.25) is 0 Å². The second kappa shape index (κ2) is 12.4. The summed E-state index contributed by atoms with van der Waals surface area (Å²) in [5, 5.41) is 0. The zero-order valence-corrected chi connectivity index (χ0v) is 14.2. The highest BCUT2D eigenvalue weighted by Gasteiger charge is 2.28. The van der Waals surface area contributed by atoms with Crippen LogP contribution in [0.15, 0.2) is 0 Å². The first-order valence-electron chi connectivity index (χ1n) is 8.84. The number of ketones is 1. The second-order valence-corrected chi connectivity index (χ2v) is 6.47. The summed E-state index contributed by atoms with van der Waals surface area (Å²) in [4.78, 5) is 12.1. The molecule has 0 aromatic heterocycles. The van der Waals surface area contributed by atoms with Crippen molar-refractivity contribution in [1.29, 1.82) is 0 Å². The van der Waals surface area contributed by atoms with E-state index in [9.17, 15) is 4.79 Å². The summed E-state index contributed by atoms with van der Waals surface area (Å²) in [5.41, 5.74) is 5.44. The molecule has 0 saturated heterocycles. The Morgan fingerprint density at radius 2 is 1.30 bits per heavy atom. The molecule has 1 unspecified atom stereocenters. The predicted octanol–water partition coefficient (Wildman–Crippen LogP) is 5.24. The van der Waals surface area contributed by atoms with Crippen molar-refractivity contribution in [3.05, 3.63) is 0 Å². The van der Waals surface area contributed by atoms with E-state index in [0.29, 0.717) is 12.3 Å². The molecule has 0 heterocycles. The van der Waals surface area contributed by atoms with Gasteiger partial charge in [0.15, 0.2) is 0 Å². The number of Topliss-reactive ketones (excluding diaryl/α,β-unsaturated/α-hetero) is 1. The van der Waals surface area contributed by atoms with Gasteiger partial charge in [0.1, 0.15) is 5.78 Å². The van der Waals surface area contributed by atoms with E-state index in [1.54, 1.807) is 0 Å². The highest BCUT2D eigenvalue weighted by molar-refractivity contribution is 5.84. The molecular formula is C18H37NO. The van der Waals surface area contributed by atoms with Gasteiger partial charge < -0.3 is 5.73 Å². The van der Waals surface area contributed by atoms with Crippen molar-refractivity contribution in [2.24, 2.45) is 11.1 Å². The maximum absolute atomic E-state index is 12.1. The monoisotopic (exact) mass is 283 g/mol. The molecule has 0 aromatic carbocycles. The number of unbranched alkanes of at least 4 members (excludes halogenated alkanes) is 9. The zero-order chi connectivity index (χ0) is 15.3. The van der Waals surface area contributed by atoms with E-state index in [4.69, 9.17) is 5.73 Å². The minimum absolute atomic E-state index is 0.278. The van der Waals surface area contributed by atoms with Crippen LogP contribution in [0.1, 0.15) is 97.8 Å². The Kier molecular flexibility index (Phi) is 12.1. The van der Waals surface area contributed by atoms with Gasteiger partial charge in [0.2, 0.25) is 0 Å². The lowest BCUT2D eigenvalue weighted by molar-refractivity contribution is -0.127. The zero-order valence-electron chi connectivity index (χ0n) is 14.2. The third-order valence-electron chi connectivity index (χ3n) is 4.66. The van der Waals surface area contributed by atoms with Gasteiger partial charge in [-0.2, -0.15) is 0 Å². The standard InChI is InChI=1S/C18H37NO/c1-4-6-7-8-9-10-11-12-13-14-15-17(20)18(3,5-2)16-19/h4-16,19H2,1-3H3. The van der Waals surface area contributed by atoms with Gasteiger partial charge in [-0.15, -0.1) is 0 Å². The first kappa shape index (κ1) is 19.6. The fourth-order valence-electron chi connectivity index (χ4n) is 2.53. The Balaban J connectivity index is 3.42. The van der Waals surface area contributed by atoms with E-state index in [-0.39, 0.29) is 5.41 Å². The van der Waals surface area contributed by atoms with Crippen LogP contribution in [0, 0.1) is 5.41 Å². The highest BCUT2D eigenvalue weighted by atomic mass is 16.1. The van der Waals surface area contributed by atoms with E-state index >= 15 is 0 Å². The number of nitrogens with two attached hydrogens (primary N) is 1. The summed E-state index contributed by atoms with van der Waals surface area (Å²) in [6.07, 6.45) is 14.7. The summed E-state index contributed by atoms with van der Waals surface area (Å²) in [6, 6.07) is 0. The molecule has 0 bridgehead atoms. The van der Waals surface area contributed by atoms with Gasteiger partial charge in [-0.05, 0) is 12.8 Å². The lowest BCUT2D eigenvalue weighted by Crippen LogP contribution is -2.35. The summed E-state index contributed by atoms with van der Waals surface area (Å²) in [7, 11) is 0. The maximum atomic E-state index is 12.1. The molecule has 1 atom stereocenters. The van der Waals surface area contributed by atoms with E-state index in [1.165, 1.54) is 57.8 Å². The second-order valence-electron chi connectivity index (χ2n) is 6.47. The average Bonchev–Trinajstić information content (AvgIpc) is 2.48. The van der Waals surface area contributed by atoms with Crippen LogP contribution in [0.25, 0.3) is 0 Å². The quantitative estimate of drug-likeness (QED) is 0.443. The Labute approximate surface area is 126 Å². The SMILES string of the molecule is CCCCCCCCCCCCC(=O)C(C)(CC)CN. The van der Waals surface area contributed by atoms with Crippen LogP contribution in [0.4, 0.5) is 0 Å². The number of rotatable bonds is 14. The third kappa shape index (κ3) is 8.73. The van der Waals surface area contributed by atoms with E-state index in [0.717, 1.165) is 19.3 Å². The molecule has 2 heteroatoms. The number of carbonyl (C=O) groups excluding carboxylic acids is 1. The Hall–Kier alpha value is -0.370. The van der Waals surface area contributed by atoms with Crippen molar-refractivity contribution in [2.75, 3.05) is 6.54 Å². The van der Waals surface area contributed by atoms with Crippen LogP contribution in [-0.4, -0.2) is 12.3 Å². The summed E-state index contributed by atoms with van der Waals surface area (Å²) in [6.45, 7) is 6.81. The first-order chi connectivity index (χ1) is 9.60. The molecule has 0 aromatic rings. The molecule has 0 aliphatic rings. The van der Waals surface area contributed by atoms with Crippen LogP contribution in [-0.2, 0) is 4.79 Å². The van der Waals surface area contributed by atoms with Crippen molar-refractivity contribution in [1.82, 2.24) is 0 Å². The van der Waals surface area contributed by atoms with E-state index in [1.807, 2.05) is 6.92 Å². The van der Waals surface area contributed by atoms with Crippen molar-refractivity contribution >= 4 is 5.78 Å². The largest absolute Gasteiger partial charge is 0.329 e. The minimum Gasteiger partial charge on any atom is -0.329 e. The minimum atomic E-state index is -0.278. The molecule has 2 N–H and O–H groups in total. The van der Waals surface area contributed by atoms with Crippen LogP contribution < -0.4 is 5.73 Å². The summed E-state index contributed by atoms with van der Waals surface area (Å²) >= 11 is 0. The number of hydrogen-bond donors (Lipinski definition) is 1. The molecule has 0 fully saturated rings. The topological polar surface area (TPSA) is 43.1 Å². The summed E-state index contributed by atoms with van der Waals surface area (Å²) < 4.78 is 0. The Bertz CT molecular complexity index is 234.